The molecule has 29 heavy (non-hydrogen) atoms. The Bertz CT molecular complexity index is 917. The van der Waals surface area contributed by atoms with E-state index in [9.17, 15) is 14.7 Å². The normalized spacial score (nSPS) is 16.4. The summed E-state index contributed by atoms with van der Waals surface area (Å²) in [5.74, 6) is -0.761. The van der Waals surface area contributed by atoms with Gasteiger partial charge in [-0.1, -0.05) is 6.07 Å². The van der Waals surface area contributed by atoms with Crippen LogP contribution in [0.1, 0.15) is 29.1 Å². The Hall–Kier alpha value is -3.26. The molecule has 8 heteroatoms. The highest BCUT2D eigenvalue weighted by molar-refractivity contribution is 6.15. The van der Waals surface area contributed by atoms with Gasteiger partial charge >= 0.3 is 0 Å². The van der Waals surface area contributed by atoms with E-state index in [2.05, 4.69) is 0 Å². The minimum absolute atomic E-state index is 0.0378. The standard InChI is InChI=1S/C21H23NO7/c1-4-28-14-8-7-13(12-16(14)27-3)18-17(19(23)15-6-5-10-29-15)20(24)21(25)22(18)9-11-26-2/h5-8,10,12,18,24H,4,9,11H2,1-3H3/t18-/m0/s1. The van der Waals surface area contributed by atoms with Crippen molar-refractivity contribution in [1.82, 2.24) is 4.90 Å². The van der Waals surface area contributed by atoms with Gasteiger partial charge in [0, 0.05) is 13.7 Å². The second kappa shape index (κ2) is 8.83. The van der Waals surface area contributed by atoms with E-state index < -0.39 is 23.5 Å². The number of ether oxygens (including phenoxy) is 3. The van der Waals surface area contributed by atoms with Gasteiger partial charge in [0.25, 0.3) is 5.91 Å². The molecule has 0 saturated carbocycles. The van der Waals surface area contributed by atoms with Crippen LogP contribution in [0.3, 0.4) is 0 Å². The first-order chi connectivity index (χ1) is 14.0. The molecule has 3 rings (SSSR count). The van der Waals surface area contributed by atoms with Gasteiger partial charge in [-0.05, 0) is 36.8 Å². The summed E-state index contributed by atoms with van der Waals surface area (Å²) in [6.45, 7) is 2.75. The van der Waals surface area contributed by atoms with Gasteiger partial charge < -0.3 is 28.6 Å². The van der Waals surface area contributed by atoms with Gasteiger partial charge in [-0.25, -0.2) is 0 Å². The average molecular weight is 401 g/mol. The maximum Gasteiger partial charge on any atom is 0.290 e. The second-order valence-corrected chi connectivity index (χ2v) is 6.31. The Morgan fingerprint density at radius 3 is 2.66 bits per heavy atom. The maximum absolute atomic E-state index is 13.0. The first kappa shape index (κ1) is 20.5. The molecule has 8 nitrogen and oxygen atoms in total. The fourth-order valence-corrected chi connectivity index (χ4v) is 3.32. The summed E-state index contributed by atoms with van der Waals surface area (Å²) in [7, 11) is 3.02. The van der Waals surface area contributed by atoms with Gasteiger partial charge in [-0.3, -0.25) is 9.59 Å². The van der Waals surface area contributed by atoms with E-state index in [-0.39, 0.29) is 24.5 Å². The number of Topliss-reactive ketones (excluding diaryl/α,β-unsaturated/α-hetero) is 1. The number of carbonyl (C=O) groups excluding carboxylic acids is 2. The number of carbonyl (C=O) groups is 2. The lowest BCUT2D eigenvalue weighted by Crippen LogP contribution is -2.34. The number of hydrogen-bond donors (Lipinski definition) is 1. The number of furan rings is 1. The SMILES string of the molecule is CCOc1ccc([C@H]2C(C(=O)c3ccco3)=C(O)C(=O)N2CCOC)cc1OC. The van der Waals surface area contributed by atoms with Crippen LogP contribution in [-0.2, 0) is 9.53 Å². The molecule has 1 aliphatic rings. The Morgan fingerprint density at radius 2 is 2.03 bits per heavy atom. The molecule has 0 unspecified atom stereocenters. The van der Waals surface area contributed by atoms with E-state index in [0.29, 0.717) is 23.7 Å². The molecule has 1 aromatic carbocycles. The highest BCUT2D eigenvalue weighted by atomic mass is 16.5. The molecular formula is C21H23NO7. The van der Waals surface area contributed by atoms with E-state index in [1.165, 1.54) is 31.4 Å². The van der Waals surface area contributed by atoms with Gasteiger partial charge in [0.05, 0.1) is 38.2 Å². The molecule has 1 aliphatic heterocycles. The topological polar surface area (TPSA) is 98.4 Å². The Morgan fingerprint density at radius 1 is 1.24 bits per heavy atom. The number of benzene rings is 1. The molecule has 1 N–H and O–H groups in total. The van der Waals surface area contributed by atoms with Crippen molar-refractivity contribution in [3.63, 3.8) is 0 Å². The Balaban J connectivity index is 2.09. The number of amides is 1. The van der Waals surface area contributed by atoms with Crippen molar-refractivity contribution in [2.45, 2.75) is 13.0 Å². The van der Waals surface area contributed by atoms with Crippen molar-refractivity contribution in [3.8, 4) is 11.5 Å². The van der Waals surface area contributed by atoms with E-state index >= 15 is 0 Å². The van der Waals surface area contributed by atoms with E-state index in [4.69, 9.17) is 18.6 Å². The molecule has 0 saturated heterocycles. The van der Waals surface area contributed by atoms with Crippen LogP contribution < -0.4 is 9.47 Å². The van der Waals surface area contributed by atoms with Crippen LogP contribution in [0.25, 0.3) is 0 Å². The smallest absolute Gasteiger partial charge is 0.290 e. The summed E-state index contributed by atoms with van der Waals surface area (Å²) >= 11 is 0. The van der Waals surface area contributed by atoms with Crippen LogP contribution in [-0.4, -0.2) is 55.7 Å². The van der Waals surface area contributed by atoms with Crippen molar-refractivity contribution in [3.05, 3.63) is 59.3 Å². The Labute approximate surface area is 168 Å². The lowest BCUT2D eigenvalue weighted by molar-refractivity contribution is -0.130. The number of nitrogens with zero attached hydrogens (tertiary/aromatic N) is 1. The average Bonchev–Trinajstić information content (AvgIpc) is 3.35. The molecule has 1 atom stereocenters. The Kier molecular flexibility index (Phi) is 6.23. The largest absolute Gasteiger partial charge is 0.503 e. The molecule has 154 valence electrons. The molecule has 0 bridgehead atoms. The zero-order valence-electron chi connectivity index (χ0n) is 16.5. The zero-order chi connectivity index (χ0) is 21.0. The van der Waals surface area contributed by atoms with Gasteiger partial charge in [-0.2, -0.15) is 0 Å². The van der Waals surface area contributed by atoms with Crippen LogP contribution >= 0.6 is 0 Å². The van der Waals surface area contributed by atoms with Crippen LogP contribution in [0.4, 0.5) is 0 Å². The third-order valence-electron chi connectivity index (χ3n) is 4.63. The van der Waals surface area contributed by atoms with Crippen LogP contribution in [0.15, 0.2) is 52.3 Å². The molecule has 0 radical (unpaired) electrons. The molecule has 2 aromatic rings. The number of hydrogen-bond acceptors (Lipinski definition) is 7. The maximum atomic E-state index is 13.0. The number of aliphatic hydroxyl groups is 1. The first-order valence-corrected chi connectivity index (χ1v) is 9.15. The fraction of sp³-hybridized carbons (Fsp3) is 0.333. The highest BCUT2D eigenvalue weighted by Gasteiger charge is 2.44. The van der Waals surface area contributed by atoms with E-state index in [0.717, 1.165) is 0 Å². The van der Waals surface area contributed by atoms with Crippen LogP contribution in [0.5, 0.6) is 11.5 Å². The van der Waals surface area contributed by atoms with Gasteiger partial charge in [0.2, 0.25) is 5.78 Å². The first-order valence-electron chi connectivity index (χ1n) is 9.15. The minimum Gasteiger partial charge on any atom is -0.503 e. The van der Waals surface area contributed by atoms with Gasteiger partial charge in [-0.15, -0.1) is 0 Å². The monoisotopic (exact) mass is 401 g/mol. The molecule has 2 heterocycles. The highest BCUT2D eigenvalue weighted by Crippen LogP contribution is 2.41. The van der Waals surface area contributed by atoms with Gasteiger partial charge in [0.15, 0.2) is 23.0 Å². The molecule has 0 aliphatic carbocycles. The minimum atomic E-state index is -0.820. The summed E-state index contributed by atoms with van der Waals surface area (Å²) in [5.41, 5.74) is 0.543. The molecule has 1 amide bonds. The molecule has 0 fully saturated rings. The number of methoxy groups -OCH3 is 2. The predicted molar refractivity (Wildman–Crippen MR) is 103 cm³/mol. The number of rotatable bonds is 9. The number of aliphatic hydroxyl groups excluding tert-OH is 1. The van der Waals surface area contributed by atoms with Gasteiger partial charge in [0.1, 0.15) is 0 Å². The van der Waals surface area contributed by atoms with E-state index in [1.54, 1.807) is 24.3 Å². The van der Waals surface area contributed by atoms with Crippen LogP contribution in [0.2, 0.25) is 0 Å². The molecule has 1 aromatic heterocycles. The molecule has 0 spiro atoms. The van der Waals surface area contributed by atoms with Crippen molar-refractivity contribution in [2.24, 2.45) is 0 Å². The van der Waals surface area contributed by atoms with Crippen molar-refractivity contribution >= 4 is 11.7 Å². The van der Waals surface area contributed by atoms with Crippen molar-refractivity contribution in [1.29, 1.82) is 0 Å². The third kappa shape index (κ3) is 3.84. The summed E-state index contributed by atoms with van der Waals surface area (Å²) in [6, 6.07) is 7.37. The quantitative estimate of drug-likeness (QED) is 0.645. The third-order valence-corrected chi connectivity index (χ3v) is 4.63. The van der Waals surface area contributed by atoms with Crippen LogP contribution in [0, 0.1) is 0 Å². The molecular weight excluding hydrogens is 378 g/mol. The van der Waals surface area contributed by atoms with Crippen molar-refractivity contribution in [2.75, 3.05) is 34.0 Å². The lowest BCUT2D eigenvalue weighted by atomic mass is 9.94. The second-order valence-electron chi connectivity index (χ2n) is 6.31. The van der Waals surface area contributed by atoms with E-state index in [1.807, 2.05) is 6.92 Å². The zero-order valence-corrected chi connectivity index (χ0v) is 16.5. The van der Waals surface area contributed by atoms with Crippen molar-refractivity contribution < 1.29 is 33.3 Å². The lowest BCUT2D eigenvalue weighted by Gasteiger charge is -2.27. The predicted octanol–water partition coefficient (Wildman–Crippen LogP) is 2.91. The summed E-state index contributed by atoms with van der Waals surface area (Å²) < 4.78 is 21.2. The number of ketones is 1. The summed E-state index contributed by atoms with van der Waals surface area (Å²) in [5, 5.41) is 10.5. The fourth-order valence-electron chi connectivity index (χ4n) is 3.32. The summed E-state index contributed by atoms with van der Waals surface area (Å²) in [6.07, 6.45) is 1.36. The summed E-state index contributed by atoms with van der Waals surface area (Å²) in [4.78, 5) is 27.1.